The van der Waals surface area contributed by atoms with E-state index in [0.29, 0.717) is 11.5 Å². The van der Waals surface area contributed by atoms with Gasteiger partial charge in [0.2, 0.25) is 0 Å². The van der Waals surface area contributed by atoms with Crippen molar-refractivity contribution < 1.29 is 0 Å². The van der Waals surface area contributed by atoms with E-state index in [2.05, 4.69) is 15.0 Å². The van der Waals surface area contributed by atoms with E-state index in [0.717, 1.165) is 23.6 Å². The standard InChI is InChI=1S/C13H17N5S/c1-3-18-12(15-9-16-18)8-17(2)11-7-5-4-6-10(11)13(14)19/h4-7,9H,3,8H2,1-2H3,(H2,14,19). The van der Waals surface area contributed by atoms with Crippen LogP contribution in [0.2, 0.25) is 0 Å². The van der Waals surface area contributed by atoms with Crippen LogP contribution >= 0.6 is 12.2 Å². The number of aromatic nitrogens is 3. The first-order valence-electron chi connectivity index (χ1n) is 6.10. The molecule has 100 valence electrons. The Labute approximate surface area is 118 Å². The number of para-hydroxylation sites is 1. The Morgan fingerprint density at radius 1 is 1.42 bits per heavy atom. The van der Waals surface area contributed by atoms with E-state index in [1.807, 2.05) is 42.9 Å². The molecular formula is C13H17N5S. The second kappa shape index (κ2) is 5.79. The summed E-state index contributed by atoms with van der Waals surface area (Å²) in [7, 11) is 1.99. The molecular weight excluding hydrogens is 258 g/mol. The lowest BCUT2D eigenvalue weighted by Gasteiger charge is -2.21. The van der Waals surface area contributed by atoms with Crippen molar-refractivity contribution in [2.75, 3.05) is 11.9 Å². The van der Waals surface area contributed by atoms with Crippen molar-refractivity contribution in [2.24, 2.45) is 5.73 Å². The third-order valence-corrected chi connectivity index (χ3v) is 3.17. The van der Waals surface area contributed by atoms with Crippen molar-refractivity contribution in [2.45, 2.75) is 20.0 Å². The zero-order valence-electron chi connectivity index (χ0n) is 11.1. The number of nitrogens with two attached hydrogens (primary N) is 1. The smallest absolute Gasteiger partial charge is 0.146 e. The number of rotatable bonds is 5. The Morgan fingerprint density at radius 3 is 2.84 bits per heavy atom. The second-order valence-electron chi connectivity index (χ2n) is 4.23. The summed E-state index contributed by atoms with van der Waals surface area (Å²) in [5, 5.41) is 4.17. The fraction of sp³-hybridized carbons (Fsp3) is 0.308. The topological polar surface area (TPSA) is 60.0 Å². The minimum atomic E-state index is 0.402. The molecule has 2 aromatic rings. The number of hydrogen-bond donors (Lipinski definition) is 1. The molecule has 2 N–H and O–H groups in total. The largest absolute Gasteiger partial charge is 0.389 e. The predicted octanol–water partition coefficient (Wildman–Crippen LogP) is 1.57. The molecule has 0 fully saturated rings. The average molecular weight is 275 g/mol. The van der Waals surface area contributed by atoms with Gasteiger partial charge >= 0.3 is 0 Å². The molecule has 0 saturated carbocycles. The summed E-state index contributed by atoms with van der Waals surface area (Å²) in [6.45, 7) is 3.51. The van der Waals surface area contributed by atoms with Gasteiger partial charge in [0.1, 0.15) is 17.1 Å². The Kier molecular flexibility index (Phi) is 4.11. The Hall–Kier alpha value is -1.95. The number of anilines is 1. The van der Waals surface area contributed by atoms with Crippen molar-refractivity contribution in [3.05, 3.63) is 42.0 Å². The second-order valence-corrected chi connectivity index (χ2v) is 4.67. The van der Waals surface area contributed by atoms with E-state index in [9.17, 15) is 0 Å². The molecule has 0 aliphatic heterocycles. The molecule has 0 unspecified atom stereocenters. The highest BCUT2D eigenvalue weighted by Gasteiger charge is 2.12. The van der Waals surface area contributed by atoms with Gasteiger partial charge in [0, 0.05) is 24.8 Å². The van der Waals surface area contributed by atoms with Crippen molar-refractivity contribution in [3.8, 4) is 0 Å². The molecule has 2 rings (SSSR count). The van der Waals surface area contributed by atoms with Crippen molar-refractivity contribution in [3.63, 3.8) is 0 Å². The van der Waals surface area contributed by atoms with Crippen LogP contribution in [0.1, 0.15) is 18.3 Å². The molecule has 0 saturated heterocycles. The Balaban J connectivity index is 2.25. The van der Waals surface area contributed by atoms with Crippen molar-refractivity contribution in [1.82, 2.24) is 14.8 Å². The molecule has 1 aromatic carbocycles. The van der Waals surface area contributed by atoms with E-state index < -0.39 is 0 Å². The number of nitrogens with zero attached hydrogens (tertiary/aromatic N) is 4. The van der Waals surface area contributed by atoms with Crippen LogP contribution in [0.3, 0.4) is 0 Å². The van der Waals surface area contributed by atoms with Gasteiger partial charge in [-0.2, -0.15) is 5.10 Å². The van der Waals surface area contributed by atoms with Gasteiger partial charge in [-0.1, -0.05) is 24.4 Å². The number of benzene rings is 1. The zero-order chi connectivity index (χ0) is 13.8. The first kappa shape index (κ1) is 13.5. The zero-order valence-corrected chi connectivity index (χ0v) is 11.9. The molecule has 5 nitrogen and oxygen atoms in total. The molecule has 0 aliphatic carbocycles. The van der Waals surface area contributed by atoms with E-state index >= 15 is 0 Å². The average Bonchev–Trinajstić information content (AvgIpc) is 2.85. The number of hydrogen-bond acceptors (Lipinski definition) is 4. The summed E-state index contributed by atoms with van der Waals surface area (Å²) >= 11 is 5.08. The van der Waals surface area contributed by atoms with Crippen LogP contribution in [0, 0.1) is 0 Å². The molecule has 6 heteroatoms. The first-order valence-corrected chi connectivity index (χ1v) is 6.51. The fourth-order valence-electron chi connectivity index (χ4n) is 1.99. The van der Waals surface area contributed by atoms with Gasteiger partial charge in [0.05, 0.1) is 6.54 Å². The Bertz CT molecular complexity index is 578. The predicted molar refractivity (Wildman–Crippen MR) is 80.1 cm³/mol. The van der Waals surface area contributed by atoms with Crippen LogP contribution in [0.15, 0.2) is 30.6 Å². The maximum Gasteiger partial charge on any atom is 0.146 e. The summed E-state index contributed by atoms with van der Waals surface area (Å²) < 4.78 is 1.87. The van der Waals surface area contributed by atoms with E-state index in [-0.39, 0.29) is 0 Å². The lowest BCUT2D eigenvalue weighted by atomic mass is 10.1. The minimum Gasteiger partial charge on any atom is -0.389 e. The fourth-order valence-corrected chi connectivity index (χ4v) is 2.16. The number of thiocarbonyl (C=S) groups is 1. The molecule has 0 bridgehead atoms. The molecule has 1 aromatic heterocycles. The van der Waals surface area contributed by atoms with Gasteiger partial charge in [0.25, 0.3) is 0 Å². The van der Waals surface area contributed by atoms with E-state index in [1.165, 1.54) is 0 Å². The highest BCUT2D eigenvalue weighted by atomic mass is 32.1. The third-order valence-electron chi connectivity index (χ3n) is 2.95. The normalized spacial score (nSPS) is 10.4. The lowest BCUT2D eigenvalue weighted by molar-refractivity contribution is 0.610. The van der Waals surface area contributed by atoms with Crippen LogP contribution in [-0.4, -0.2) is 26.8 Å². The van der Waals surface area contributed by atoms with Crippen LogP contribution in [0.25, 0.3) is 0 Å². The summed E-state index contributed by atoms with van der Waals surface area (Å²) in [4.78, 5) is 6.75. The van der Waals surface area contributed by atoms with Crippen LogP contribution in [0.5, 0.6) is 0 Å². The lowest BCUT2D eigenvalue weighted by Crippen LogP contribution is -2.23. The van der Waals surface area contributed by atoms with Gasteiger partial charge in [-0.15, -0.1) is 0 Å². The summed E-state index contributed by atoms with van der Waals surface area (Å²) in [6, 6.07) is 7.83. The molecule has 1 heterocycles. The first-order chi connectivity index (χ1) is 9.13. The van der Waals surface area contributed by atoms with E-state index in [4.69, 9.17) is 18.0 Å². The summed E-state index contributed by atoms with van der Waals surface area (Å²) in [5.74, 6) is 0.919. The quantitative estimate of drug-likeness (QED) is 0.839. The van der Waals surface area contributed by atoms with Crippen LogP contribution < -0.4 is 10.6 Å². The molecule has 0 radical (unpaired) electrons. The highest BCUT2D eigenvalue weighted by molar-refractivity contribution is 7.80. The molecule has 0 amide bonds. The van der Waals surface area contributed by atoms with Gasteiger partial charge in [-0.3, -0.25) is 0 Å². The summed E-state index contributed by atoms with van der Waals surface area (Å²) in [5.41, 5.74) is 7.63. The minimum absolute atomic E-state index is 0.402. The molecule has 19 heavy (non-hydrogen) atoms. The maximum absolute atomic E-state index is 5.75. The molecule has 0 atom stereocenters. The molecule has 0 aliphatic rings. The van der Waals surface area contributed by atoms with Crippen molar-refractivity contribution in [1.29, 1.82) is 0 Å². The summed E-state index contributed by atoms with van der Waals surface area (Å²) in [6.07, 6.45) is 1.58. The van der Waals surface area contributed by atoms with Gasteiger partial charge < -0.3 is 10.6 Å². The van der Waals surface area contributed by atoms with Crippen LogP contribution in [0.4, 0.5) is 5.69 Å². The third kappa shape index (κ3) is 2.90. The Morgan fingerprint density at radius 2 is 2.16 bits per heavy atom. The molecule has 0 spiro atoms. The van der Waals surface area contributed by atoms with E-state index in [1.54, 1.807) is 6.33 Å². The number of aryl methyl sites for hydroxylation is 1. The van der Waals surface area contributed by atoms with Gasteiger partial charge in [-0.25, -0.2) is 9.67 Å². The monoisotopic (exact) mass is 275 g/mol. The van der Waals surface area contributed by atoms with Gasteiger partial charge in [0.15, 0.2) is 0 Å². The van der Waals surface area contributed by atoms with Crippen LogP contribution in [-0.2, 0) is 13.1 Å². The maximum atomic E-state index is 5.75. The van der Waals surface area contributed by atoms with Gasteiger partial charge in [-0.05, 0) is 19.1 Å². The highest BCUT2D eigenvalue weighted by Crippen LogP contribution is 2.20. The van der Waals surface area contributed by atoms with Crippen molar-refractivity contribution >= 4 is 22.9 Å². The SMILES string of the molecule is CCn1ncnc1CN(C)c1ccccc1C(N)=S.